The Morgan fingerprint density at radius 2 is 2.11 bits per heavy atom. The number of carbonyl (C=O) groups is 1. The molecule has 2 rings (SSSR count). The first-order valence-electron chi connectivity index (χ1n) is 8.99. The van der Waals surface area contributed by atoms with Gasteiger partial charge in [-0.05, 0) is 32.9 Å². The predicted molar refractivity (Wildman–Crippen MR) is 110 cm³/mol. The SMILES string of the molecule is CN=C(NCCc1nc(-c2cccc(Cl)c2)no1)N(C)CC(=O)NC(C)(C)C. The van der Waals surface area contributed by atoms with Crippen LogP contribution >= 0.6 is 11.6 Å². The third-order valence-electron chi connectivity index (χ3n) is 3.64. The van der Waals surface area contributed by atoms with E-state index in [1.54, 1.807) is 24.1 Å². The van der Waals surface area contributed by atoms with Crippen LogP contribution in [-0.2, 0) is 11.2 Å². The molecule has 9 heteroatoms. The Hall–Kier alpha value is -2.61. The molecule has 1 aromatic heterocycles. The number of aromatic nitrogens is 2. The Bertz CT molecular complexity index is 828. The molecular formula is C19H27ClN6O2. The maximum absolute atomic E-state index is 12.1. The van der Waals surface area contributed by atoms with Crippen molar-refractivity contribution in [3.63, 3.8) is 0 Å². The lowest BCUT2D eigenvalue weighted by atomic mass is 10.1. The molecule has 0 saturated carbocycles. The van der Waals surface area contributed by atoms with Gasteiger partial charge in [0.15, 0.2) is 5.96 Å². The summed E-state index contributed by atoms with van der Waals surface area (Å²) in [6.07, 6.45) is 0.522. The monoisotopic (exact) mass is 406 g/mol. The zero-order chi connectivity index (χ0) is 20.7. The van der Waals surface area contributed by atoms with E-state index in [0.29, 0.717) is 35.7 Å². The summed E-state index contributed by atoms with van der Waals surface area (Å²) in [4.78, 5) is 22.4. The smallest absolute Gasteiger partial charge is 0.240 e. The van der Waals surface area contributed by atoms with E-state index in [4.69, 9.17) is 16.1 Å². The molecule has 1 heterocycles. The summed E-state index contributed by atoms with van der Waals surface area (Å²) in [7, 11) is 3.48. The summed E-state index contributed by atoms with van der Waals surface area (Å²) in [5.74, 6) is 1.54. The number of aliphatic imine (C=N–C) groups is 1. The minimum Gasteiger partial charge on any atom is -0.356 e. The molecular weight excluding hydrogens is 380 g/mol. The predicted octanol–water partition coefficient (Wildman–Crippen LogP) is 2.35. The molecule has 0 fully saturated rings. The summed E-state index contributed by atoms with van der Waals surface area (Å²) in [6.45, 7) is 6.57. The van der Waals surface area contributed by atoms with Gasteiger partial charge in [0.2, 0.25) is 17.6 Å². The summed E-state index contributed by atoms with van der Waals surface area (Å²) in [6, 6.07) is 7.29. The van der Waals surface area contributed by atoms with E-state index < -0.39 is 0 Å². The van der Waals surface area contributed by atoms with Crippen molar-refractivity contribution in [2.45, 2.75) is 32.7 Å². The summed E-state index contributed by atoms with van der Waals surface area (Å²) in [5.41, 5.74) is 0.531. The third kappa shape index (κ3) is 6.84. The van der Waals surface area contributed by atoms with Crippen LogP contribution in [0.5, 0.6) is 0 Å². The van der Waals surface area contributed by atoms with Gasteiger partial charge in [-0.25, -0.2) is 0 Å². The molecule has 8 nitrogen and oxygen atoms in total. The van der Waals surface area contributed by atoms with Crippen LogP contribution in [0.2, 0.25) is 5.02 Å². The number of nitrogens with one attached hydrogen (secondary N) is 2. The van der Waals surface area contributed by atoms with E-state index in [1.165, 1.54) is 0 Å². The molecule has 0 unspecified atom stereocenters. The number of hydrogen-bond donors (Lipinski definition) is 2. The molecule has 2 N–H and O–H groups in total. The van der Waals surface area contributed by atoms with Gasteiger partial charge in [-0.1, -0.05) is 28.9 Å². The molecule has 0 aliphatic carbocycles. The molecule has 2 aromatic rings. The van der Waals surface area contributed by atoms with Crippen molar-refractivity contribution in [2.75, 3.05) is 27.2 Å². The van der Waals surface area contributed by atoms with Gasteiger partial charge in [0.25, 0.3) is 0 Å². The van der Waals surface area contributed by atoms with Gasteiger partial charge in [-0.2, -0.15) is 4.98 Å². The second-order valence-corrected chi connectivity index (χ2v) is 7.84. The lowest BCUT2D eigenvalue weighted by Crippen LogP contribution is -2.49. The summed E-state index contributed by atoms with van der Waals surface area (Å²) in [5, 5.41) is 10.7. The molecule has 152 valence electrons. The van der Waals surface area contributed by atoms with Crippen molar-refractivity contribution >= 4 is 23.5 Å². The first-order chi connectivity index (χ1) is 13.2. The largest absolute Gasteiger partial charge is 0.356 e. The second-order valence-electron chi connectivity index (χ2n) is 7.40. The highest BCUT2D eigenvalue weighted by Crippen LogP contribution is 2.19. The molecule has 1 amide bonds. The van der Waals surface area contributed by atoms with E-state index in [9.17, 15) is 4.79 Å². The maximum atomic E-state index is 12.1. The van der Waals surface area contributed by atoms with Crippen LogP contribution in [-0.4, -0.2) is 59.6 Å². The number of amides is 1. The molecule has 0 spiro atoms. The van der Waals surface area contributed by atoms with Gasteiger partial charge in [0.1, 0.15) is 0 Å². The van der Waals surface area contributed by atoms with E-state index >= 15 is 0 Å². The number of halogens is 1. The van der Waals surface area contributed by atoms with Crippen LogP contribution in [0.4, 0.5) is 0 Å². The summed E-state index contributed by atoms with van der Waals surface area (Å²) >= 11 is 5.99. The van der Waals surface area contributed by atoms with E-state index in [1.807, 2.05) is 40.0 Å². The lowest BCUT2D eigenvalue weighted by molar-refractivity contribution is -0.122. The highest BCUT2D eigenvalue weighted by atomic mass is 35.5. The van der Waals surface area contributed by atoms with Gasteiger partial charge in [0, 0.05) is 43.2 Å². The fourth-order valence-corrected chi connectivity index (χ4v) is 2.71. The minimum absolute atomic E-state index is 0.0685. The zero-order valence-corrected chi connectivity index (χ0v) is 17.7. The Balaban J connectivity index is 1.85. The average molecular weight is 407 g/mol. The first kappa shape index (κ1) is 21.7. The van der Waals surface area contributed by atoms with Gasteiger partial charge in [0.05, 0.1) is 6.54 Å². The van der Waals surface area contributed by atoms with Gasteiger partial charge in [-0.15, -0.1) is 0 Å². The van der Waals surface area contributed by atoms with E-state index in [2.05, 4.69) is 25.8 Å². The normalized spacial score (nSPS) is 12.0. The van der Waals surface area contributed by atoms with Crippen molar-refractivity contribution < 1.29 is 9.32 Å². The van der Waals surface area contributed by atoms with Gasteiger partial charge >= 0.3 is 0 Å². The molecule has 28 heavy (non-hydrogen) atoms. The molecule has 1 aromatic carbocycles. The Kier molecular flexibility index (Phi) is 7.39. The van der Waals surface area contributed by atoms with E-state index in [0.717, 1.165) is 5.56 Å². The fraction of sp³-hybridized carbons (Fsp3) is 0.474. The van der Waals surface area contributed by atoms with E-state index in [-0.39, 0.29) is 18.0 Å². The summed E-state index contributed by atoms with van der Waals surface area (Å²) < 4.78 is 5.29. The molecule has 0 radical (unpaired) electrons. The lowest BCUT2D eigenvalue weighted by Gasteiger charge is -2.25. The van der Waals surface area contributed by atoms with Crippen LogP contribution in [0.3, 0.4) is 0 Å². The highest BCUT2D eigenvalue weighted by molar-refractivity contribution is 6.30. The molecule has 0 aliphatic rings. The number of guanidine groups is 1. The number of hydrogen-bond acceptors (Lipinski definition) is 5. The van der Waals surface area contributed by atoms with Crippen LogP contribution in [0.1, 0.15) is 26.7 Å². The Morgan fingerprint density at radius 1 is 1.36 bits per heavy atom. The quantitative estimate of drug-likeness (QED) is 0.564. The van der Waals surface area contributed by atoms with Crippen molar-refractivity contribution in [3.05, 3.63) is 35.2 Å². The highest BCUT2D eigenvalue weighted by Gasteiger charge is 2.17. The van der Waals surface area contributed by atoms with Crippen LogP contribution in [0, 0.1) is 0 Å². The standard InChI is InChI=1S/C19H27ClN6O2/c1-19(2,3)24-15(27)12-26(5)18(21-4)22-10-9-16-23-17(25-28-16)13-7-6-8-14(20)11-13/h6-8,11H,9-10,12H2,1-5H3,(H,21,22)(H,24,27). The molecule has 0 atom stereocenters. The van der Waals surface area contributed by atoms with Crippen molar-refractivity contribution in [3.8, 4) is 11.4 Å². The third-order valence-corrected chi connectivity index (χ3v) is 3.88. The van der Waals surface area contributed by atoms with Crippen molar-refractivity contribution in [1.29, 1.82) is 0 Å². The minimum atomic E-state index is -0.270. The van der Waals surface area contributed by atoms with Crippen LogP contribution in [0.15, 0.2) is 33.8 Å². The Morgan fingerprint density at radius 3 is 2.75 bits per heavy atom. The fourth-order valence-electron chi connectivity index (χ4n) is 2.52. The van der Waals surface area contributed by atoms with Crippen molar-refractivity contribution in [1.82, 2.24) is 25.7 Å². The number of benzene rings is 1. The van der Waals surface area contributed by atoms with Gasteiger partial charge in [-0.3, -0.25) is 9.79 Å². The second kappa shape index (κ2) is 9.54. The Labute approximate surface area is 170 Å². The molecule has 0 saturated heterocycles. The van der Waals surface area contributed by atoms with Gasteiger partial charge < -0.3 is 20.1 Å². The maximum Gasteiger partial charge on any atom is 0.240 e. The van der Waals surface area contributed by atoms with Crippen LogP contribution < -0.4 is 10.6 Å². The topological polar surface area (TPSA) is 95.7 Å². The average Bonchev–Trinajstić information content (AvgIpc) is 3.05. The number of carbonyl (C=O) groups excluding carboxylic acids is 1. The van der Waals surface area contributed by atoms with Crippen molar-refractivity contribution in [2.24, 2.45) is 4.99 Å². The number of nitrogens with zero attached hydrogens (tertiary/aromatic N) is 4. The zero-order valence-electron chi connectivity index (χ0n) is 16.9. The first-order valence-corrected chi connectivity index (χ1v) is 9.37. The molecule has 0 aliphatic heterocycles. The van der Waals surface area contributed by atoms with Crippen LogP contribution in [0.25, 0.3) is 11.4 Å². The molecule has 0 bridgehead atoms. The number of rotatable bonds is 6. The number of likely N-dealkylation sites (N-methyl/N-ethyl adjacent to an activating group) is 1.